The van der Waals surface area contributed by atoms with Crippen LogP contribution in [0.5, 0.6) is 0 Å². The zero-order chi connectivity index (χ0) is 10.7. The summed E-state index contributed by atoms with van der Waals surface area (Å²) in [6, 6.07) is 0.834. The molecule has 0 radical (unpaired) electrons. The molecule has 0 aromatic heterocycles. The summed E-state index contributed by atoms with van der Waals surface area (Å²) in [5.74, 6) is 0.895. The van der Waals surface area contributed by atoms with Gasteiger partial charge in [0.2, 0.25) is 0 Å². The summed E-state index contributed by atoms with van der Waals surface area (Å²) < 4.78 is 0. The average molecular weight is 205 g/mol. The van der Waals surface area contributed by atoms with E-state index in [-0.39, 0.29) is 0 Å². The number of nitrogens with zero attached hydrogens (tertiary/aromatic N) is 1. The summed E-state index contributed by atoms with van der Waals surface area (Å²) in [6.45, 7) is 0. The standard InChI is InChI=1S/C14H23N/c1-15(2)14-10-8-13(9-11-14)12-6-4-3-5-7-12/h3-4,6,13-14H,5,7-11H2,1-2H3. The maximum absolute atomic E-state index is 2.39. The van der Waals surface area contributed by atoms with Gasteiger partial charge in [0.1, 0.15) is 0 Å². The van der Waals surface area contributed by atoms with Crippen molar-refractivity contribution in [3.63, 3.8) is 0 Å². The number of hydrogen-bond donors (Lipinski definition) is 0. The molecule has 0 heterocycles. The Morgan fingerprint density at radius 3 is 2.40 bits per heavy atom. The second-order valence-electron chi connectivity index (χ2n) is 5.18. The van der Waals surface area contributed by atoms with Gasteiger partial charge in [-0.3, -0.25) is 0 Å². The lowest BCUT2D eigenvalue weighted by Gasteiger charge is -2.34. The summed E-state index contributed by atoms with van der Waals surface area (Å²) in [7, 11) is 4.43. The minimum atomic E-state index is 0.834. The van der Waals surface area contributed by atoms with Crippen LogP contribution in [0.15, 0.2) is 23.8 Å². The molecule has 0 atom stereocenters. The van der Waals surface area contributed by atoms with Crippen LogP contribution < -0.4 is 0 Å². The van der Waals surface area contributed by atoms with Gasteiger partial charge >= 0.3 is 0 Å². The van der Waals surface area contributed by atoms with E-state index in [1.54, 1.807) is 5.57 Å². The fourth-order valence-electron chi connectivity index (χ4n) is 2.92. The van der Waals surface area contributed by atoms with Crippen LogP contribution in [0.4, 0.5) is 0 Å². The SMILES string of the molecule is CN(C)C1CCC(C2=CC=CCC2)CC1. The summed E-state index contributed by atoms with van der Waals surface area (Å²) in [4.78, 5) is 2.39. The Labute approximate surface area is 93.9 Å². The Bertz CT molecular complexity index is 255. The third-order valence-electron chi connectivity index (χ3n) is 4.00. The number of hydrogen-bond acceptors (Lipinski definition) is 1. The predicted octanol–water partition coefficient (Wildman–Crippen LogP) is 3.38. The third-order valence-corrected chi connectivity index (χ3v) is 4.00. The van der Waals surface area contributed by atoms with Gasteiger partial charge < -0.3 is 4.90 Å². The zero-order valence-corrected chi connectivity index (χ0v) is 10.1. The van der Waals surface area contributed by atoms with Gasteiger partial charge in [0.05, 0.1) is 0 Å². The Morgan fingerprint density at radius 2 is 1.87 bits per heavy atom. The molecule has 1 heteroatoms. The van der Waals surface area contributed by atoms with Gasteiger partial charge in [-0.15, -0.1) is 0 Å². The van der Waals surface area contributed by atoms with Crippen molar-refractivity contribution in [3.05, 3.63) is 23.8 Å². The molecular formula is C14H23N. The van der Waals surface area contributed by atoms with Crippen LogP contribution in [0, 0.1) is 5.92 Å². The fraction of sp³-hybridized carbons (Fsp3) is 0.714. The van der Waals surface area contributed by atoms with Crippen molar-refractivity contribution in [1.82, 2.24) is 4.90 Å². The van der Waals surface area contributed by atoms with E-state index in [0.29, 0.717) is 0 Å². The number of allylic oxidation sites excluding steroid dienone is 4. The van der Waals surface area contributed by atoms with Crippen LogP contribution >= 0.6 is 0 Å². The maximum Gasteiger partial charge on any atom is 0.00895 e. The highest BCUT2D eigenvalue weighted by Gasteiger charge is 2.24. The zero-order valence-electron chi connectivity index (χ0n) is 10.1. The molecule has 0 saturated heterocycles. The van der Waals surface area contributed by atoms with Gasteiger partial charge in [0, 0.05) is 6.04 Å². The first kappa shape index (κ1) is 10.9. The molecule has 0 N–H and O–H groups in total. The normalized spacial score (nSPS) is 31.8. The molecule has 0 aromatic rings. The highest BCUT2D eigenvalue weighted by Crippen LogP contribution is 2.34. The molecule has 0 aliphatic heterocycles. The van der Waals surface area contributed by atoms with Gasteiger partial charge in [-0.1, -0.05) is 23.8 Å². The lowest BCUT2D eigenvalue weighted by Crippen LogP contribution is -2.32. The average Bonchev–Trinajstić information content (AvgIpc) is 2.30. The second-order valence-corrected chi connectivity index (χ2v) is 5.18. The quantitative estimate of drug-likeness (QED) is 0.668. The molecule has 0 unspecified atom stereocenters. The first-order chi connectivity index (χ1) is 7.27. The van der Waals surface area contributed by atoms with Gasteiger partial charge in [0.25, 0.3) is 0 Å². The Balaban J connectivity index is 1.87. The molecule has 0 spiro atoms. The molecule has 84 valence electrons. The second kappa shape index (κ2) is 4.98. The van der Waals surface area contributed by atoms with Crippen molar-refractivity contribution in [2.75, 3.05) is 14.1 Å². The van der Waals surface area contributed by atoms with Crippen molar-refractivity contribution < 1.29 is 0 Å². The van der Waals surface area contributed by atoms with Gasteiger partial charge in [0.15, 0.2) is 0 Å². The van der Waals surface area contributed by atoms with E-state index >= 15 is 0 Å². The van der Waals surface area contributed by atoms with Crippen molar-refractivity contribution >= 4 is 0 Å². The third kappa shape index (κ3) is 2.72. The molecule has 1 fully saturated rings. The molecule has 2 aliphatic carbocycles. The summed E-state index contributed by atoms with van der Waals surface area (Å²) in [6.07, 6.45) is 15.1. The maximum atomic E-state index is 2.39. The van der Waals surface area contributed by atoms with Crippen LogP contribution in [0.3, 0.4) is 0 Å². The van der Waals surface area contributed by atoms with Crippen LogP contribution in [-0.4, -0.2) is 25.0 Å². The van der Waals surface area contributed by atoms with Crippen LogP contribution in [0.2, 0.25) is 0 Å². The van der Waals surface area contributed by atoms with Crippen LogP contribution in [0.1, 0.15) is 38.5 Å². The lowest BCUT2D eigenvalue weighted by atomic mass is 9.79. The van der Waals surface area contributed by atoms with Crippen molar-refractivity contribution in [2.24, 2.45) is 5.92 Å². The molecule has 0 amide bonds. The van der Waals surface area contributed by atoms with Crippen molar-refractivity contribution in [2.45, 2.75) is 44.6 Å². The lowest BCUT2D eigenvalue weighted by molar-refractivity contribution is 0.204. The smallest absolute Gasteiger partial charge is 0.00895 e. The first-order valence-electron chi connectivity index (χ1n) is 6.29. The van der Waals surface area contributed by atoms with E-state index < -0.39 is 0 Å². The summed E-state index contributed by atoms with van der Waals surface area (Å²) >= 11 is 0. The van der Waals surface area contributed by atoms with Crippen LogP contribution in [-0.2, 0) is 0 Å². The largest absolute Gasteiger partial charge is 0.306 e. The van der Waals surface area contributed by atoms with Crippen molar-refractivity contribution in [3.8, 4) is 0 Å². The summed E-state index contributed by atoms with van der Waals surface area (Å²) in [5.41, 5.74) is 1.72. The summed E-state index contributed by atoms with van der Waals surface area (Å²) in [5, 5.41) is 0. The highest BCUT2D eigenvalue weighted by atomic mass is 15.1. The molecular weight excluding hydrogens is 182 g/mol. The molecule has 1 saturated carbocycles. The topological polar surface area (TPSA) is 3.24 Å². The molecule has 2 rings (SSSR count). The van der Waals surface area contributed by atoms with E-state index in [2.05, 4.69) is 37.2 Å². The first-order valence-corrected chi connectivity index (χ1v) is 6.29. The van der Waals surface area contributed by atoms with Crippen LogP contribution in [0.25, 0.3) is 0 Å². The fourth-order valence-corrected chi connectivity index (χ4v) is 2.92. The van der Waals surface area contributed by atoms with Gasteiger partial charge in [-0.05, 0) is 58.5 Å². The Morgan fingerprint density at radius 1 is 1.13 bits per heavy atom. The monoisotopic (exact) mass is 205 g/mol. The van der Waals surface area contributed by atoms with E-state index in [4.69, 9.17) is 0 Å². The number of rotatable bonds is 2. The van der Waals surface area contributed by atoms with Gasteiger partial charge in [-0.25, -0.2) is 0 Å². The van der Waals surface area contributed by atoms with Gasteiger partial charge in [-0.2, -0.15) is 0 Å². The minimum absolute atomic E-state index is 0.834. The molecule has 0 bridgehead atoms. The molecule has 1 nitrogen and oxygen atoms in total. The van der Waals surface area contributed by atoms with E-state index in [0.717, 1.165) is 12.0 Å². The van der Waals surface area contributed by atoms with E-state index in [1.807, 2.05) is 0 Å². The van der Waals surface area contributed by atoms with E-state index in [9.17, 15) is 0 Å². The molecule has 0 aromatic carbocycles. The van der Waals surface area contributed by atoms with E-state index in [1.165, 1.54) is 38.5 Å². The Hall–Kier alpha value is -0.560. The predicted molar refractivity (Wildman–Crippen MR) is 65.9 cm³/mol. The highest BCUT2D eigenvalue weighted by molar-refractivity contribution is 5.20. The molecule has 2 aliphatic rings. The minimum Gasteiger partial charge on any atom is -0.306 e. The molecule has 15 heavy (non-hydrogen) atoms. The Kier molecular flexibility index (Phi) is 3.63. The van der Waals surface area contributed by atoms with Crippen molar-refractivity contribution in [1.29, 1.82) is 0 Å².